The van der Waals surface area contributed by atoms with Gasteiger partial charge in [0.1, 0.15) is 11.6 Å². The Bertz CT molecular complexity index is 1520. The molecule has 3 atom stereocenters. The second-order valence-electron chi connectivity index (χ2n) is 11.2. The highest BCUT2D eigenvalue weighted by molar-refractivity contribution is 7.87. The first-order chi connectivity index (χ1) is 19.1. The molecule has 2 aliphatic heterocycles. The van der Waals surface area contributed by atoms with Crippen molar-refractivity contribution in [2.24, 2.45) is 11.8 Å². The summed E-state index contributed by atoms with van der Waals surface area (Å²) >= 11 is 1.39. The highest BCUT2D eigenvalue weighted by Crippen LogP contribution is 2.51. The molecule has 1 saturated carbocycles. The number of aromatic nitrogens is 1. The number of fused-ring (bicyclic) bond motifs is 1. The Kier molecular flexibility index (Phi) is 6.83. The van der Waals surface area contributed by atoms with Gasteiger partial charge in [-0.05, 0) is 66.7 Å². The van der Waals surface area contributed by atoms with E-state index in [9.17, 15) is 39.6 Å². The summed E-state index contributed by atoms with van der Waals surface area (Å²) in [6.07, 6.45) is -3.47. The van der Waals surface area contributed by atoms with Gasteiger partial charge in [0.05, 0.1) is 10.4 Å². The zero-order valence-corrected chi connectivity index (χ0v) is 23.2. The molecule has 4 aliphatic rings. The zero-order chi connectivity index (χ0) is 29.4. The molecule has 1 N–H and O–H groups in total. The number of carbonyl (C=O) groups is 1. The van der Waals surface area contributed by atoms with Gasteiger partial charge in [-0.1, -0.05) is 18.2 Å². The van der Waals surface area contributed by atoms with Crippen molar-refractivity contribution in [3.8, 4) is 10.6 Å². The van der Waals surface area contributed by atoms with E-state index in [2.05, 4.69) is 9.71 Å². The minimum absolute atomic E-state index is 0.0370. The minimum atomic E-state index is -4.90. The molecule has 222 valence electrons. The topological polar surface area (TPSA) is 82.6 Å². The van der Waals surface area contributed by atoms with E-state index in [0.717, 1.165) is 38.5 Å². The van der Waals surface area contributed by atoms with Crippen LogP contribution in [-0.2, 0) is 27.8 Å². The maximum atomic E-state index is 13.1. The normalized spacial score (nSPS) is 28.0. The number of thiazole rings is 1. The van der Waals surface area contributed by atoms with Crippen molar-refractivity contribution in [2.75, 3.05) is 26.2 Å². The summed E-state index contributed by atoms with van der Waals surface area (Å²) in [5.41, 5.74) is 2.76. The number of nitrogens with one attached hydrogen (secondary N) is 1. The molecule has 2 aliphatic carbocycles. The molecule has 15 heteroatoms. The van der Waals surface area contributed by atoms with E-state index in [4.69, 9.17) is 0 Å². The number of amides is 1. The average molecular weight is 621 g/mol. The number of alkyl halides is 6. The Morgan fingerprint density at radius 3 is 2.44 bits per heavy atom. The molecule has 6 rings (SSSR count). The third-order valence-electron chi connectivity index (χ3n) is 8.72. The van der Waals surface area contributed by atoms with Crippen molar-refractivity contribution in [3.63, 3.8) is 0 Å². The van der Waals surface area contributed by atoms with Crippen LogP contribution in [0.4, 0.5) is 26.3 Å². The lowest BCUT2D eigenvalue weighted by atomic mass is 9.79. The maximum absolute atomic E-state index is 13.1. The second kappa shape index (κ2) is 9.78. The number of hydrogen-bond acceptors (Lipinski definition) is 5. The van der Waals surface area contributed by atoms with Crippen molar-refractivity contribution in [3.05, 3.63) is 46.5 Å². The lowest BCUT2D eigenvalue weighted by Gasteiger charge is -2.33. The van der Waals surface area contributed by atoms with Gasteiger partial charge >= 0.3 is 18.3 Å². The molecule has 1 saturated heterocycles. The molecule has 1 aromatic carbocycles. The summed E-state index contributed by atoms with van der Waals surface area (Å²) < 4.78 is 106. The Morgan fingerprint density at radius 2 is 1.80 bits per heavy atom. The summed E-state index contributed by atoms with van der Waals surface area (Å²) in [6, 6.07) is 5.89. The van der Waals surface area contributed by atoms with Crippen LogP contribution in [0.15, 0.2) is 30.5 Å². The van der Waals surface area contributed by atoms with Gasteiger partial charge < -0.3 is 4.90 Å². The lowest BCUT2D eigenvalue weighted by Crippen LogP contribution is -2.52. The number of hydrogen-bond donors (Lipinski definition) is 1. The molecule has 0 unspecified atom stereocenters. The first-order valence-corrected chi connectivity index (χ1v) is 15.4. The Labute approximate surface area is 236 Å². The molecule has 2 fully saturated rings. The van der Waals surface area contributed by atoms with Crippen LogP contribution in [0.1, 0.15) is 35.3 Å². The summed E-state index contributed by atoms with van der Waals surface area (Å²) in [7, 11) is -4.26. The molecular formula is C26H26F6N4O3S2. The summed E-state index contributed by atoms with van der Waals surface area (Å²) in [5, 5.41) is 0.708. The quantitative estimate of drug-likeness (QED) is 0.511. The maximum Gasteiger partial charge on any atom is 0.471 e. The SMILES string of the molecule is O=C(N1CC=C(c2cnc(-c3ccc4c(c3)C[C@H]3CC[C@@H](C4)[C@]34CN(CC(F)(F)F)S(=O)(=O)N4)s2)CC1)C(F)(F)F. The van der Waals surface area contributed by atoms with Gasteiger partial charge in [0.2, 0.25) is 0 Å². The minimum Gasteiger partial charge on any atom is -0.331 e. The summed E-state index contributed by atoms with van der Waals surface area (Å²) in [4.78, 5) is 17.6. The van der Waals surface area contributed by atoms with Crippen LogP contribution in [0.2, 0.25) is 0 Å². The average Bonchev–Trinajstić information content (AvgIpc) is 3.52. The van der Waals surface area contributed by atoms with E-state index in [1.165, 1.54) is 11.3 Å². The largest absolute Gasteiger partial charge is 0.471 e. The number of halogens is 6. The Morgan fingerprint density at radius 1 is 1.10 bits per heavy atom. The van der Waals surface area contributed by atoms with E-state index in [1.54, 1.807) is 12.3 Å². The predicted molar refractivity (Wildman–Crippen MR) is 139 cm³/mol. The van der Waals surface area contributed by atoms with Crippen molar-refractivity contribution in [2.45, 2.75) is 50.0 Å². The number of benzene rings is 1. The van der Waals surface area contributed by atoms with Crippen LogP contribution in [0.5, 0.6) is 0 Å². The van der Waals surface area contributed by atoms with Gasteiger partial charge in [-0.15, -0.1) is 11.3 Å². The van der Waals surface area contributed by atoms with E-state index < -0.39 is 40.6 Å². The molecule has 1 amide bonds. The Hall–Kier alpha value is -2.49. The lowest BCUT2D eigenvalue weighted by molar-refractivity contribution is -0.185. The third kappa shape index (κ3) is 5.30. The molecular weight excluding hydrogens is 594 g/mol. The molecule has 0 radical (unpaired) electrons. The van der Waals surface area contributed by atoms with Gasteiger partial charge in [-0.3, -0.25) is 4.79 Å². The zero-order valence-electron chi connectivity index (χ0n) is 21.6. The molecule has 2 bridgehead atoms. The van der Waals surface area contributed by atoms with Gasteiger partial charge in [-0.25, -0.2) is 4.98 Å². The van der Waals surface area contributed by atoms with Crippen molar-refractivity contribution < 1.29 is 39.6 Å². The molecule has 3 heterocycles. The number of rotatable bonds is 3. The van der Waals surface area contributed by atoms with Crippen LogP contribution < -0.4 is 4.72 Å². The molecule has 1 spiro atoms. The number of nitrogens with zero attached hydrogens (tertiary/aromatic N) is 3. The fourth-order valence-corrected chi connectivity index (χ4v) is 9.48. The first-order valence-electron chi connectivity index (χ1n) is 13.1. The smallest absolute Gasteiger partial charge is 0.331 e. The van der Waals surface area contributed by atoms with Gasteiger partial charge in [0, 0.05) is 31.4 Å². The van der Waals surface area contributed by atoms with Crippen molar-refractivity contribution in [1.82, 2.24) is 18.9 Å². The fraction of sp³-hybridized carbons (Fsp3) is 0.538. The second-order valence-corrected chi connectivity index (χ2v) is 13.9. The van der Waals surface area contributed by atoms with E-state index in [-0.39, 0.29) is 37.9 Å². The number of carbonyl (C=O) groups excluding carboxylic acids is 1. The standard InChI is InChI=1S/C26H26F6N4O3S2/c27-25(28,29)14-36-13-24(34-41(36,38)39)19-3-4-20(24)11-18-9-17(2-1-16(18)10-19)22-33-12-21(40-22)15-5-7-35(8-6-15)23(37)26(30,31)32/h1-2,5,9,12,19-20,34H,3-4,6-8,10-11,13-14H2/t19-,20+,24+/m0/s1. The first kappa shape index (κ1) is 28.6. The van der Waals surface area contributed by atoms with Crippen LogP contribution in [0.3, 0.4) is 0 Å². The highest BCUT2D eigenvalue weighted by Gasteiger charge is 2.60. The monoisotopic (exact) mass is 620 g/mol. The molecule has 2 aromatic rings. The van der Waals surface area contributed by atoms with Gasteiger partial charge in [0.15, 0.2) is 0 Å². The van der Waals surface area contributed by atoms with Crippen molar-refractivity contribution in [1.29, 1.82) is 0 Å². The predicted octanol–water partition coefficient (Wildman–Crippen LogP) is 4.56. The van der Waals surface area contributed by atoms with E-state index in [0.29, 0.717) is 28.6 Å². The van der Waals surface area contributed by atoms with Gasteiger partial charge in [0.25, 0.3) is 10.2 Å². The van der Waals surface area contributed by atoms with Gasteiger partial charge in [-0.2, -0.15) is 43.8 Å². The molecule has 1 aromatic heterocycles. The van der Waals surface area contributed by atoms with Crippen LogP contribution in [-0.4, -0.2) is 72.6 Å². The van der Waals surface area contributed by atoms with E-state index in [1.807, 2.05) is 18.2 Å². The van der Waals surface area contributed by atoms with E-state index >= 15 is 0 Å². The van der Waals surface area contributed by atoms with Crippen LogP contribution in [0.25, 0.3) is 16.1 Å². The summed E-state index contributed by atoms with van der Waals surface area (Å²) in [5.74, 6) is -2.13. The van der Waals surface area contributed by atoms with Crippen LogP contribution in [0, 0.1) is 11.8 Å². The summed E-state index contributed by atoms with van der Waals surface area (Å²) in [6.45, 7) is -1.89. The molecule has 7 nitrogen and oxygen atoms in total. The van der Waals surface area contributed by atoms with Crippen LogP contribution >= 0.6 is 11.3 Å². The Balaban J connectivity index is 1.21. The third-order valence-corrected chi connectivity index (χ3v) is 11.4. The fourth-order valence-electron chi connectivity index (χ4n) is 6.79. The van der Waals surface area contributed by atoms with Crippen molar-refractivity contribution >= 4 is 33.0 Å². The highest BCUT2D eigenvalue weighted by atomic mass is 32.2. The molecule has 41 heavy (non-hydrogen) atoms.